The monoisotopic (exact) mass is 574 g/mol. The Hall–Kier alpha value is -1.07. The molecule has 0 radical (unpaired) electrons. The first-order valence-electron chi connectivity index (χ1n) is 15.8. The van der Waals surface area contributed by atoms with E-state index in [1.807, 2.05) is 6.92 Å². The van der Waals surface area contributed by atoms with Crippen molar-refractivity contribution in [2.75, 3.05) is 26.4 Å². The Balaban J connectivity index is 2.22. The number of unbranched alkanes of at least 4 members (excludes halogenated alkanes) is 12. The van der Waals surface area contributed by atoms with Crippen LogP contribution >= 0.6 is 0 Å². The second kappa shape index (κ2) is 24.5. The zero-order chi connectivity index (χ0) is 29.4. The average Bonchev–Trinajstić information content (AvgIpc) is 2.95. The maximum absolute atomic E-state index is 12.2. The van der Waals surface area contributed by atoms with Gasteiger partial charge in [0.1, 0.15) is 30.5 Å². The van der Waals surface area contributed by atoms with Crippen molar-refractivity contribution in [2.45, 2.75) is 153 Å². The summed E-state index contributed by atoms with van der Waals surface area (Å²) in [6.07, 6.45) is 14.9. The van der Waals surface area contributed by atoms with Crippen LogP contribution in [0.15, 0.2) is 12.2 Å². The van der Waals surface area contributed by atoms with Gasteiger partial charge < -0.3 is 39.4 Å². The van der Waals surface area contributed by atoms with E-state index in [2.05, 4.69) is 19.1 Å². The highest BCUT2D eigenvalue weighted by atomic mass is 16.7. The number of aliphatic hydroxyl groups excluding tert-OH is 4. The minimum atomic E-state index is -1.53. The molecule has 6 atom stereocenters. The van der Waals surface area contributed by atoms with Gasteiger partial charge in [0.15, 0.2) is 6.29 Å². The molecule has 1 saturated heterocycles. The predicted octanol–water partition coefficient (Wildman–Crippen LogP) is 4.57. The van der Waals surface area contributed by atoms with E-state index in [1.54, 1.807) is 0 Å². The normalized spacial score (nSPS) is 24.0. The molecule has 1 rings (SSSR count). The predicted molar refractivity (Wildman–Crippen MR) is 155 cm³/mol. The van der Waals surface area contributed by atoms with Crippen LogP contribution in [-0.4, -0.2) is 89.6 Å². The van der Waals surface area contributed by atoms with Crippen LogP contribution in [0.25, 0.3) is 0 Å². The summed E-state index contributed by atoms with van der Waals surface area (Å²) in [5.74, 6) is -0.352. The Bertz CT molecular complexity index is 628. The summed E-state index contributed by atoms with van der Waals surface area (Å²) in [7, 11) is 0. The molecule has 0 saturated carbocycles. The van der Waals surface area contributed by atoms with Gasteiger partial charge in [-0.05, 0) is 38.5 Å². The fourth-order valence-corrected chi connectivity index (χ4v) is 4.58. The van der Waals surface area contributed by atoms with Crippen molar-refractivity contribution in [2.24, 2.45) is 0 Å². The molecule has 6 unspecified atom stereocenters. The molecule has 9 heteroatoms. The van der Waals surface area contributed by atoms with Crippen LogP contribution in [-0.2, 0) is 23.7 Å². The molecule has 1 fully saturated rings. The van der Waals surface area contributed by atoms with Crippen molar-refractivity contribution in [1.29, 1.82) is 0 Å². The Morgan fingerprint density at radius 1 is 0.775 bits per heavy atom. The van der Waals surface area contributed by atoms with E-state index in [0.29, 0.717) is 13.0 Å². The van der Waals surface area contributed by atoms with Crippen LogP contribution in [0.2, 0.25) is 0 Å². The van der Waals surface area contributed by atoms with Crippen LogP contribution in [0.4, 0.5) is 0 Å². The summed E-state index contributed by atoms with van der Waals surface area (Å²) >= 11 is 0. The lowest BCUT2D eigenvalue weighted by molar-refractivity contribution is -0.305. The number of aliphatic hydroxyl groups is 4. The lowest BCUT2D eigenvalue weighted by Gasteiger charge is -2.39. The van der Waals surface area contributed by atoms with Gasteiger partial charge in [-0.1, -0.05) is 83.8 Å². The van der Waals surface area contributed by atoms with E-state index in [0.717, 1.165) is 25.7 Å². The number of allylic oxidation sites excluding steroid dienone is 2. The van der Waals surface area contributed by atoms with Gasteiger partial charge >= 0.3 is 5.97 Å². The van der Waals surface area contributed by atoms with Crippen LogP contribution in [0, 0.1) is 0 Å². The van der Waals surface area contributed by atoms with E-state index in [1.165, 1.54) is 70.6 Å². The molecule has 4 N–H and O–H groups in total. The Kier molecular flexibility index (Phi) is 22.7. The molecule has 0 aromatic heterocycles. The molecule has 40 heavy (non-hydrogen) atoms. The molecule has 0 aromatic rings. The molecular weight excluding hydrogens is 516 g/mol. The first-order chi connectivity index (χ1) is 19.4. The quantitative estimate of drug-likeness (QED) is 0.0702. The summed E-state index contributed by atoms with van der Waals surface area (Å²) in [5.41, 5.74) is 0. The number of rotatable bonds is 25. The zero-order valence-electron chi connectivity index (χ0n) is 25.1. The van der Waals surface area contributed by atoms with Crippen molar-refractivity contribution >= 4 is 5.97 Å². The third kappa shape index (κ3) is 17.0. The van der Waals surface area contributed by atoms with E-state index < -0.39 is 43.4 Å². The number of hydrogen-bond donors (Lipinski definition) is 4. The third-order valence-corrected chi connectivity index (χ3v) is 7.18. The van der Waals surface area contributed by atoms with Gasteiger partial charge in [-0.2, -0.15) is 0 Å². The highest BCUT2D eigenvalue weighted by Gasteiger charge is 2.44. The van der Waals surface area contributed by atoms with Crippen molar-refractivity contribution in [3.05, 3.63) is 12.2 Å². The van der Waals surface area contributed by atoms with Gasteiger partial charge in [-0.15, -0.1) is 0 Å². The first-order valence-corrected chi connectivity index (χ1v) is 15.8. The average molecular weight is 575 g/mol. The first kappa shape index (κ1) is 37.0. The Morgan fingerprint density at radius 2 is 1.38 bits per heavy atom. The number of carbonyl (C=O) groups excluding carboxylic acids is 1. The fourth-order valence-electron chi connectivity index (χ4n) is 4.58. The molecule has 0 amide bonds. The smallest absolute Gasteiger partial charge is 0.306 e. The van der Waals surface area contributed by atoms with E-state index >= 15 is 0 Å². The van der Waals surface area contributed by atoms with Gasteiger partial charge in [0, 0.05) is 13.0 Å². The fraction of sp³-hybridized carbons (Fsp3) is 0.903. The molecule has 0 spiro atoms. The number of hydrogen-bond acceptors (Lipinski definition) is 9. The molecule has 0 aromatic carbocycles. The second-order valence-electron chi connectivity index (χ2n) is 10.9. The maximum atomic E-state index is 12.2. The summed E-state index contributed by atoms with van der Waals surface area (Å²) in [5, 5.41) is 39.4. The van der Waals surface area contributed by atoms with Crippen molar-refractivity contribution in [1.82, 2.24) is 0 Å². The van der Waals surface area contributed by atoms with E-state index in [-0.39, 0.29) is 19.2 Å². The Labute approximate surface area is 242 Å². The van der Waals surface area contributed by atoms with Gasteiger partial charge in [0.2, 0.25) is 0 Å². The molecule has 1 aliphatic heterocycles. The van der Waals surface area contributed by atoms with Gasteiger partial charge in [-0.3, -0.25) is 4.79 Å². The van der Waals surface area contributed by atoms with Crippen LogP contribution < -0.4 is 0 Å². The van der Waals surface area contributed by atoms with Crippen LogP contribution in [0.5, 0.6) is 0 Å². The van der Waals surface area contributed by atoms with Crippen molar-refractivity contribution < 1.29 is 44.2 Å². The molecule has 9 nitrogen and oxygen atoms in total. The summed E-state index contributed by atoms with van der Waals surface area (Å²) in [6.45, 7) is 4.26. The zero-order valence-corrected chi connectivity index (χ0v) is 25.1. The summed E-state index contributed by atoms with van der Waals surface area (Å²) in [4.78, 5) is 12.2. The number of carbonyl (C=O) groups is 1. The SMILES string of the molecule is CCCCCCC/C=C\CCCCCCCCOCC(COC1OC(CO)C(O)C(O)C1O)OC(=O)CCCC. The Morgan fingerprint density at radius 3 is 2.00 bits per heavy atom. The highest BCUT2D eigenvalue weighted by Crippen LogP contribution is 2.22. The van der Waals surface area contributed by atoms with Crippen molar-refractivity contribution in [3.63, 3.8) is 0 Å². The number of esters is 1. The number of ether oxygens (including phenoxy) is 4. The van der Waals surface area contributed by atoms with E-state index in [4.69, 9.17) is 18.9 Å². The molecule has 1 aliphatic rings. The van der Waals surface area contributed by atoms with Crippen LogP contribution in [0.1, 0.15) is 117 Å². The topological polar surface area (TPSA) is 135 Å². The molecule has 0 aliphatic carbocycles. The molecule has 1 heterocycles. The maximum Gasteiger partial charge on any atom is 0.306 e. The van der Waals surface area contributed by atoms with Gasteiger partial charge in [-0.25, -0.2) is 0 Å². The molecule has 236 valence electrons. The summed E-state index contributed by atoms with van der Waals surface area (Å²) in [6, 6.07) is 0. The summed E-state index contributed by atoms with van der Waals surface area (Å²) < 4.78 is 22.2. The molecular formula is C31H58O9. The van der Waals surface area contributed by atoms with Crippen molar-refractivity contribution in [3.8, 4) is 0 Å². The van der Waals surface area contributed by atoms with E-state index in [9.17, 15) is 25.2 Å². The standard InChI is InChI=1S/C31H58O9/c1-3-5-7-8-9-10-11-12-13-14-15-16-17-18-19-21-37-23-25(39-27(33)20-6-4-2)24-38-31-30(36)29(35)28(34)26(22-32)40-31/h11-12,25-26,28-32,34-36H,3-10,13-24H2,1-2H3/b12-11-. The minimum absolute atomic E-state index is 0.117. The largest absolute Gasteiger partial charge is 0.457 e. The minimum Gasteiger partial charge on any atom is -0.457 e. The van der Waals surface area contributed by atoms with Crippen LogP contribution in [0.3, 0.4) is 0 Å². The third-order valence-electron chi connectivity index (χ3n) is 7.18. The van der Waals surface area contributed by atoms with Gasteiger partial charge in [0.05, 0.1) is 19.8 Å². The second-order valence-corrected chi connectivity index (χ2v) is 10.9. The van der Waals surface area contributed by atoms with Gasteiger partial charge in [0.25, 0.3) is 0 Å². The lowest BCUT2D eigenvalue weighted by atomic mass is 9.99. The lowest BCUT2D eigenvalue weighted by Crippen LogP contribution is -2.59. The highest BCUT2D eigenvalue weighted by molar-refractivity contribution is 5.69. The molecule has 0 bridgehead atoms.